The van der Waals surface area contributed by atoms with Gasteiger partial charge in [0, 0.05) is 6.07 Å². The van der Waals surface area contributed by atoms with Crippen LogP contribution in [0.15, 0.2) is 34.8 Å². The third-order valence-electron chi connectivity index (χ3n) is 2.46. The standard InChI is InChI=1S/C14H5BrF2N2O/c15-13-9(7-19)2-4-12(14(13)17)20-10-3-1-8(6-18)11(16)5-10/h1-5H. The Morgan fingerprint density at radius 3 is 2.25 bits per heavy atom. The third kappa shape index (κ3) is 2.61. The Hall–Kier alpha value is -2.44. The summed E-state index contributed by atoms with van der Waals surface area (Å²) in [6.07, 6.45) is 0. The Bertz CT molecular complexity index is 763. The van der Waals surface area contributed by atoms with Crippen LogP contribution in [0.4, 0.5) is 8.78 Å². The lowest BCUT2D eigenvalue weighted by Crippen LogP contribution is -1.93. The first-order valence-electron chi connectivity index (χ1n) is 5.32. The van der Waals surface area contributed by atoms with E-state index in [1.54, 1.807) is 6.07 Å². The number of hydrogen-bond acceptors (Lipinski definition) is 3. The van der Waals surface area contributed by atoms with Gasteiger partial charge in [-0.3, -0.25) is 0 Å². The summed E-state index contributed by atoms with van der Waals surface area (Å²) in [4.78, 5) is 0. The van der Waals surface area contributed by atoms with Gasteiger partial charge in [0.2, 0.25) is 0 Å². The van der Waals surface area contributed by atoms with Crippen LogP contribution in [-0.2, 0) is 0 Å². The number of rotatable bonds is 2. The van der Waals surface area contributed by atoms with Gasteiger partial charge in [0.1, 0.15) is 23.7 Å². The molecule has 2 rings (SSSR count). The first-order valence-corrected chi connectivity index (χ1v) is 6.11. The summed E-state index contributed by atoms with van der Waals surface area (Å²) in [5.74, 6) is -1.61. The summed E-state index contributed by atoms with van der Waals surface area (Å²) in [6.45, 7) is 0. The van der Waals surface area contributed by atoms with Crippen molar-refractivity contribution >= 4 is 15.9 Å². The van der Waals surface area contributed by atoms with Crippen LogP contribution in [0.2, 0.25) is 0 Å². The van der Waals surface area contributed by atoms with Gasteiger partial charge in [0.05, 0.1) is 15.6 Å². The van der Waals surface area contributed by atoms with Gasteiger partial charge in [0.15, 0.2) is 11.6 Å². The minimum Gasteiger partial charge on any atom is -0.454 e. The van der Waals surface area contributed by atoms with Gasteiger partial charge in [0.25, 0.3) is 0 Å². The second-order valence-corrected chi connectivity index (χ2v) is 4.50. The maximum Gasteiger partial charge on any atom is 0.181 e. The van der Waals surface area contributed by atoms with Crippen LogP contribution >= 0.6 is 15.9 Å². The van der Waals surface area contributed by atoms with Crippen LogP contribution in [0.3, 0.4) is 0 Å². The Kier molecular flexibility index (Phi) is 3.97. The number of nitriles is 2. The molecule has 98 valence electrons. The zero-order valence-corrected chi connectivity index (χ0v) is 11.4. The summed E-state index contributed by atoms with van der Waals surface area (Å²) < 4.78 is 32.5. The van der Waals surface area contributed by atoms with Crippen molar-refractivity contribution in [2.24, 2.45) is 0 Å². The van der Waals surface area contributed by atoms with Crippen LogP contribution in [0.1, 0.15) is 11.1 Å². The fourth-order valence-corrected chi connectivity index (χ4v) is 1.89. The molecule has 0 radical (unpaired) electrons. The molecule has 0 fully saturated rings. The van der Waals surface area contributed by atoms with E-state index in [0.29, 0.717) is 0 Å². The topological polar surface area (TPSA) is 56.8 Å². The predicted molar refractivity (Wildman–Crippen MR) is 70.0 cm³/mol. The van der Waals surface area contributed by atoms with Crippen LogP contribution in [-0.4, -0.2) is 0 Å². The molecular weight excluding hydrogens is 330 g/mol. The molecule has 0 saturated heterocycles. The molecule has 0 heterocycles. The maximum atomic E-state index is 13.9. The number of halogens is 3. The molecule has 0 bridgehead atoms. The monoisotopic (exact) mass is 334 g/mol. The molecule has 2 aromatic rings. The summed E-state index contributed by atoms with van der Waals surface area (Å²) in [6, 6.07) is 9.72. The van der Waals surface area contributed by atoms with Gasteiger partial charge < -0.3 is 4.74 Å². The quantitative estimate of drug-likeness (QED) is 0.824. The van der Waals surface area contributed by atoms with Gasteiger partial charge >= 0.3 is 0 Å². The first-order chi connectivity index (χ1) is 9.56. The lowest BCUT2D eigenvalue weighted by Gasteiger charge is -2.08. The minimum absolute atomic E-state index is 0.0217. The molecule has 0 N–H and O–H groups in total. The van der Waals surface area contributed by atoms with Crippen LogP contribution < -0.4 is 4.74 Å². The molecule has 0 aromatic heterocycles. The highest BCUT2D eigenvalue weighted by Gasteiger charge is 2.13. The number of ether oxygens (including phenoxy) is 1. The van der Waals surface area contributed by atoms with Crippen molar-refractivity contribution in [3.8, 4) is 23.6 Å². The lowest BCUT2D eigenvalue weighted by atomic mass is 10.2. The normalized spacial score (nSPS) is 9.65. The zero-order chi connectivity index (χ0) is 14.7. The van der Waals surface area contributed by atoms with E-state index in [9.17, 15) is 8.78 Å². The Morgan fingerprint density at radius 2 is 1.65 bits per heavy atom. The smallest absolute Gasteiger partial charge is 0.181 e. The van der Waals surface area contributed by atoms with Crippen molar-refractivity contribution in [2.75, 3.05) is 0 Å². The van der Waals surface area contributed by atoms with Crippen LogP contribution in [0.5, 0.6) is 11.5 Å². The van der Waals surface area contributed by atoms with Crippen molar-refractivity contribution in [2.45, 2.75) is 0 Å². The van der Waals surface area contributed by atoms with Crippen LogP contribution in [0, 0.1) is 34.3 Å². The summed E-state index contributed by atoms with van der Waals surface area (Å²) >= 11 is 2.95. The fraction of sp³-hybridized carbons (Fsp3) is 0. The fourth-order valence-electron chi connectivity index (χ4n) is 1.47. The van der Waals surface area contributed by atoms with Gasteiger partial charge in [-0.05, 0) is 40.2 Å². The van der Waals surface area contributed by atoms with E-state index in [4.69, 9.17) is 15.3 Å². The third-order valence-corrected chi connectivity index (χ3v) is 3.23. The molecule has 6 heteroatoms. The average Bonchev–Trinajstić information content (AvgIpc) is 2.44. The average molecular weight is 335 g/mol. The molecule has 2 aromatic carbocycles. The summed E-state index contributed by atoms with van der Waals surface area (Å²) in [5, 5.41) is 17.4. The van der Waals surface area contributed by atoms with Gasteiger partial charge in [-0.2, -0.15) is 10.5 Å². The second kappa shape index (κ2) is 5.68. The molecule has 0 unspecified atom stereocenters. The molecule has 20 heavy (non-hydrogen) atoms. The van der Waals surface area contributed by atoms with Crippen LogP contribution in [0.25, 0.3) is 0 Å². The maximum absolute atomic E-state index is 13.9. The van der Waals surface area contributed by atoms with Crippen molar-refractivity contribution in [3.05, 3.63) is 57.6 Å². The SMILES string of the molecule is N#Cc1ccc(Oc2ccc(C#N)c(Br)c2F)cc1F. The van der Waals surface area contributed by atoms with E-state index in [-0.39, 0.29) is 27.1 Å². The Labute approximate surface area is 121 Å². The Balaban J connectivity index is 2.37. The molecule has 3 nitrogen and oxygen atoms in total. The molecule has 0 atom stereocenters. The van der Waals surface area contributed by atoms with Gasteiger partial charge in [-0.1, -0.05) is 0 Å². The largest absolute Gasteiger partial charge is 0.454 e. The number of benzene rings is 2. The summed E-state index contributed by atoms with van der Waals surface area (Å²) in [7, 11) is 0. The van der Waals surface area contributed by atoms with E-state index in [2.05, 4.69) is 15.9 Å². The molecule has 0 aliphatic rings. The van der Waals surface area contributed by atoms with E-state index in [1.807, 2.05) is 6.07 Å². The highest BCUT2D eigenvalue weighted by molar-refractivity contribution is 9.10. The van der Waals surface area contributed by atoms with Gasteiger partial charge in [-0.25, -0.2) is 8.78 Å². The van der Waals surface area contributed by atoms with Crippen molar-refractivity contribution in [1.82, 2.24) is 0 Å². The molecule has 0 aliphatic heterocycles. The molecular formula is C14H5BrF2N2O. The highest BCUT2D eigenvalue weighted by atomic mass is 79.9. The van der Waals surface area contributed by atoms with Crippen molar-refractivity contribution in [3.63, 3.8) is 0 Å². The number of nitrogens with zero attached hydrogens (tertiary/aromatic N) is 2. The van der Waals surface area contributed by atoms with Gasteiger partial charge in [-0.15, -0.1) is 0 Å². The zero-order valence-electron chi connectivity index (χ0n) is 9.82. The molecule has 0 amide bonds. The van der Waals surface area contributed by atoms with E-state index in [0.717, 1.165) is 6.07 Å². The van der Waals surface area contributed by atoms with E-state index in [1.165, 1.54) is 24.3 Å². The van der Waals surface area contributed by atoms with E-state index >= 15 is 0 Å². The predicted octanol–water partition coefficient (Wildman–Crippen LogP) is 4.26. The molecule has 0 aliphatic carbocycles. The second-order valence-electron chi connectivity index (χ2n) is 3.71. The molecule has 0 spiro atoms. The summed E-state index contributed by atoms with van der Waals surface area (Å²) in [5.41, 5.74) is -0.000287. The minimum atomic E-state index is -0.756. The lowest BCUT2D eigenvalue weighted by molar-refractivity contribution is 0.436. The molecule has 0 saturated carbocycles. The van der Waals surface area contributed by atoms with E-state index < -0.39 is 11.6 Å². The van der Waals surface area contributed by atoms with Crippen molar-refractivity contribution < 1.29 is 13.5 Å². The number of hydrogen-bond donors (Lipinski definition) is 0. The van der Waals surface area contributed by atoms with Crippen molar-refractivity contribution in [1.29, 1.82) is 10.5 Å². The Morgan fingerprint density at radius 1 is 1.00 bits per heavy atom. The highest BCUT2D eigenvalue weighted by Crippen LogP contribution is 2.31. The first kappa shape index (κ1) is 14.0.